The number of benzene rings is 2. The zero-order valence-electron chi connectivity index (χ0n) is 21.4. The number of rotatable bonds is 10. The van der Waals surface area contributed by atoms with Gasteiger partial charge >= 0.3 is 8.60 Å². The van der Waals surface area contributed by atoms with Gasteiger partial charge in [0.05, 0.1) is 0 Å². The van der Waals surface area contributed by atoms with E-state index in [1.54, 1.807) is 0 Å². The summed E-state index contributed by atoms with van der Waals surface area (Å²) in [7, 11) is -2.10. The van der Waals surface area contributed by atoms with Gasteiger partial charge < -0.3 is 13.9 Å². The molecule has 1 N–H and O–H groups in total. The maximum absolute atomic E-state index is 10.8. The van der Waals surface area contributed by atoms with Gasteiger partial charge in [-0.25, -0.2) is 0 Å². The highest BCUT2D eigenvalue weighted by Crippen LogP contribution is 2.44. The third-order valence-corrected chi connectivity index (χ3v) is 6.40. The average Bonchev–Trinajstić information content (AvgIpc) is 2.70. The third-order valence-electron chi connectivity index (χ3n) is 5.69. The molecule has 3 nitrogen and oxygen atoms in total. The normalized spacial score (nSPS) is 12.3. The first-order valence-corrected chi connectivity index (χ1v) is 13.2. The van der Waals surface area contributed by atoms with Crippen LogP contribution in [-0.2, 0) is 23.7 Å². The van der Waals surface area contributed by atoms with E-state index in [1.165, 1.54) is 36.8 Å². The van der Waals surface area contributed by atoms with Crippen LogP contribution in [0.1, 0.15) is 103 Å². The Morgan fingerprint density at radius 2 is 1.06 bits per heavy atom. The second-order valence-electron chi connectivity index (χ2n) is 10.8. The standard InChI is InChI=1S/C28H43O3P/c1-9-11-13-21-15-17-25(23(19-21)27(3,4)5)30-32(29)31-26-18-16-22(14-12-10-2)20-24(26)28(6,7)8/h15-20,29H,9-14H2,1-8H3. The molecule has 178 valence electrons. The van der Waals surface area contributed by atoms with Gasteiger partial charge in [-0.05, 0) is 59.8 Å². The van der Waals surface area contributed by atoms with E-state index in [-0.39, 0.29) is 10.8 Å². The minimum Gasteiger partial charge on any atom is -0.418 e. The van der Waals surface area contributed by atoms with Crippen LogP contribution in [-0.4, -0.2) is 4.89 Å². The van der Waals surface area contributed by atoms with E-state index in [9.17, 15) is 4.89 Å². The highest BCUT2D eigenvalue weighted by molar-refractivity contribution is 7.41. The van der Waals surface area contributed by atoms with Crippen LogP contribution >= 0.6 is 8.60 Å². The van der Waals surface area contributed by atoms with Crippen molar-refractivity contribution in [2.45, 2.75) is 105 Å². The summed E-state index contributed by atoms with van der Waals surface area (Å²) in [6.07, 6.45) is 6.80. The maximum atomic E-state index is 10.8. The highest BCUT2D eigenvalue weighted by atomic mass is 31.2. The lowest BCUT2D eigenvalue weighted by Gasteiger charge is -2.26. The van der Waals surface area contributed by atoms with Gasteiger partial charge in [0.25, 0.3) is 0 Å². The maximum Gasteiger partial charge on any atom is 0.460 e. The molecule has 0 bridgehead atoms. The van der Waals surface area contributed by atoms with Crippen molar-refractivity contribution in [2.24, 2.45) is 0 Å². The molecule has 32 heavy (non-hydrogen) atoms. The first-order chi connectivity index (χ1) is 15.0. The van der Waals surface area contributed by atoms with Crippen LogP contribution in [0.3, 0.4) is 0 Å². The van der Waals surface area contributed by atoms with Crippen molar-refractivity contribution in [3.63, 3.8) is 0 Å². The highest BCUT2D eigenvalue weighted by Gasteiger charge is 2.25. The van der Waals surface area contributed by atoms with Gasteiger partial charge in [-0.15, -0.1) is 0 Å². The third kappa shape index (κ3) is 7.78. The second kappa shape index (κ2) is 11.5. The molecule has 0 aliphatic rings. The first kappa shape index (κ1) is 26.7. The van der Waals surface area contributed by atoms with Crippen LogP contribution < -0.4 is 9.05 Å². The molecule has 2 aromatic rings. The monoisotopic (exact) mass is 458 g/mol. The molecular weight excluding hydrogens is 415 g/mol. The Kier molecular flexibility index (Phi) is 9.61. The van der Waals surface area contributed by atoms with E-state index in [2.05, 4.69) is 79.7 Å². The summed E-state index contributed by atoms with van der Waals surface area (Å²) in [4.78, 5) is 10.8. The Labute approximate surface area is 197 Å². The van der Waals surface area contributed by atoms with Crippen molar-refractivity contribution in [3.8, 4) is 11.5 Å². The Morgan fingerprint density at radius 1 is 0.688 bits per heavy atom. The predicted molar refractivity (Wildman–Crippen MR) is 138 cm³/mol. The molecular formula is C28H43O3P. The number of hydrogen-bond acceptors (Lipinski definition) is 3. The van der Waals surface area contributed by atoms with Crippen LogP contribution in [0.5, 0.6) is 11.5 Å². The molecule has 0 amide bonds. The summed E-state index contributed by atoms with van der Waals surface area (Å²) in [5, 5.41) is 0. The van der Waals surface area contributed by atoms with Gasteiger partial charge in [0.1, 0.15) is 11.5 Å². The van der Waals surface area contributed by atoms with Crippen molar-refractivity contribution >= 4 is 8.60 Å². The fraction of sp³-hybridized carbons (Fsp3) is 0.571. The molecule has 0 radical (unpaired) electrons. The molecule has 0 heterocycles. The lowest BCUT2D eigenvalue weighted by atomic mass is 9.85. The molecule has 0 spiro atoms. The summed E-state index contributed by atoms with van der Waals surface area (Å²) >= 11 is 0. The average molecular weight is 459 g/mol. The molecule has 4 heteroatoms. The summed E-state index contributed by atoms with van der Waals surface area (Å²) in [5.41, 5.74) is 4.63. The van der Waals surface area contributed by atoms with Gasteiger partial charge in [-0.2, -0.15) is 0 Å². The molecule has 0 aliphatic heterocycles. The van der Waals surface area contributed by atoms with Crippen LogP contribution in [0, 0.1) is 0 Å². The Hall–Kier alpha value is -1.57. The van der Waals surface area contributed by atoms with Crippen LogP contribution in [0.4, 0.5) is 0 Å². The molecule has 2 aromatic carbocycles. The molecule has 2 rings (SSSR count). The zero-order chi connectivity index (χ0) is 23.9. The van der Waals surface area contributed by atoms with Crippen LogP contribution in [0.15, 0.2) is 36.4 Å². The van der Waals surface area contributed by atoms with Gasteiger partial charge in [-0.1, -0.05) is 92.5 Å². The van der Waals surface area contributed by atoms with Crippen molar-refractivity contribution in [1.29, 1.82) is 0 Å². The fourth-order valence-corrected chi connectivity index (χ4v) is 4.44. The smallest absolute Gasteiger partial charge is 0.418 e. The Balaban J connectivity index is 2.26. The van der Waals surface area contributed by atoms with E-state index in [4.69, 9.17) is 9.05 Å². The molecule has 0 atom stereocenters. The van der Waals surface area contributed by atoms with Crippen molar-refractivity contribution in [1.82, 2.24) is 0 Å². The quantitative estimate of drug-likeness (QED) is 0.362. The summed E-state index contributed by atoms with van der Waals surface area (Å²) < 4.78 is 12.0. The zero-order valence-corrected chi connectivity index (χ0v) is 22.3. The van der Waals surface area contributed by atoms with Gasteiger partial charge in [0, 0.05) is 11.1 Å². The largest absolute Gasteiger partial charge is 0.460 e. The van der Waals surface area contributed by atoms with E-state index in [0.29, 0.717) is 11.5 Å². The molecule has 0 fully saturated rings. The Morgan fingerprint density at radius 3 is 1.38 bits per heavy atom. The molecule has 0 unspecified atom stereocenters. The minimum absolute atomic E-state index is 0.0920. The predicted octanol–water partition coefficient (Wildman–Crippen LogP) is 8.64. The topological polar surface area (TPSA) is 38.7 Å². The van der Waals surface area contributed by atoms with E-state index in [1.807, 2.05) is 12.1 Å². The molecule has 0 saturated carbocycles. The number of unbranched alkanes of at least 4 members (excludes halogenated alkanes) is 2. The van der Waals surface area contributed by atoms with Crippen LogP contribution in [0.25, 0.3) is 0 Å². The SMILES string of the molecule is CCCCc1ccc(OP(O)Oc2ccc(CCCC)cc2C(C)(C)C)c(C(C)(C)C)c1. The summed E-state index contributed by atoms with van der Waals surface area (Å²) in [5.74, 6) is 1.39. The van der Waals surface area contributed by atoms with E-state index >= 15 is 0 Å². The van der Waals surface area contributed by atoms with Gasteiger partial charge in [-0.3, -0.25) is 0 Å². The minimum atomic E-state index is -2.10. The second-order valence-corrected chi connectivity index (χ2v) is 11.6. The van der Waals surface area contributed by atoms with Gasteiger partial charge in [0.15, 0.2) is 0 Å². The van der Waals surface area contributed by atoms with Crippen molar-refractivity contribution < 1.29 is 13.9 Å². The van der Waals surface area contributed by atoms with Crippen LogP contribution in [0.2, 0.25) is 0 Å². The fourth-order valence-electron chi connectivity index (χ4n) is 3.75. The first-order valence-electron chi connectivity index (χ1n) is 12.1. The van der Waals surface area contributed by atoms with Crippen molar-refractivity contribution in [3.05, 3.63) is 58.7 Å². The summed E-state index contributed by atoms with van der Waals surface area (Å²) in [6.45, 7) is 17.5. The van der Waals surface area contributed by atoms with E-state index < -0.39 is 8.60 Å². The summed E-state index contributed by atoms with van der Waals surface area (Å²) in [6, 6.07) is 12.6. The van der Waals surface area contributed by atoms with Crippen molar-refractivity contribution in [2.75, 3.05) is 0 Å². The molecule has 0 saturated heterocycles. The van der Waals surface area contributed by atoms with Gasteiger partial charge in [0.2, 0.25) is 0 Å². The lowest BCUT2D eigenvalue weighted by Crippen LogP contribution is -2.15. The molecule has 0 aliphatic carbocycles. The number of aryl methyl sites for hydroxylation is 2. The van der Waals surface area contributed by atoms with E-state index in [0.717, 1.165) is 24.0 Å². The lowest BCUT2D eigenvalue weighted by molar-refractivity contribution is 0.371. The molecule has 0 aromatic heterocycles. The Bertz CT molecular complexity index is 790. The number of hydrogen-bond donors (Lipinski definition) is 1.